The van der Waals surface area contributed by atoms with E-state index in [1.807, 2.05) is 0 Å². The summed E-state index contributed by atoms with van der Waals surface area (Å²) in [6.45, 7) is 1.08. The predicted molar refractivity (Wildman–Crippen MR) is 111 cm³/mol. The van der Waals surface area contributed by atoms with Crippen molar-refractivity contribution in [2.45, 2.75) is 38.1 Å². The Morgan fingerprint density at radius 2 is 1.54 bits per heavy atom. The molecule has 2 nitrogen and oxygen atoms in total. The molecule has 0 saturated heterocycles. The number of para-hydroxylation sites is 2. The van der Waals surface area contributed by atoms with Crippen LogP contribution in [0.3, 0.4) is 0 Å². The fourth-order valence-corrected chi connectivity index (χ4v) is 4.16. The molecule has 2 heteroatoms. The molecule has 1 saturated carbocycles. The van der Waals surface area contributed by atoms with Crippen LogP contribution in [-0.2, 0) is 0 Å². The second kappa shape index (κ2) is 8.27. The van der Waals surface area contributed by atoms with Gasteiger partial charge in [0.25, 0.3) is 0 Å². The maximum atomic E-state index is 3.76. The second-order valence-electron chi connectivity index (χ2n) is 7.44. The van der Waals surface area contributed by atoms with E-state index >= 15 is 0 Å². The van der Waals surface area contributed by atoms with Crippen LogP contribution in [0.2, 0.25) is 0 Å². The lowest BCUT2D eigenvalue weighted by atomic mass is 10.1. The Morgan fingerprint density at radius 3 is 2.15 bits per heavy atom. The van der Waals surface area contributed by atoms with Crippen molar-refractivity contribution in [3.05, 3.63) is 84.6 Å². The van der Waals surface area contributed by atoms with Crippen molar-refractivity contribution in [1.29, 1.82) is 0 Å². The number of hydrogen-bond donors (Lipinski definition) is 1. The predicted octanol–water partition coefficient (Wildman–Crippen LogP) is 5.82. The molecule has 2 aliphatic carbocycles. The van der Waals surface area contributed by atoms with Gasteiger partial charge < -0.3 is 10.2 Å². The number of rotatable bonds is 6. The summed E-state index contributed by atoms with van der Waals surface area (Å²) in [7, 11) is 0. The molecular formula is C24H28N2. The molecule has 0 radical (unpaired) electrons. The normalized spacial score (nSPS) is 22.1. The highest BCUT2D eigenvalue weighted by Crippen LogP contribution is 2.32. The summed E-state index contributed by atoms with van der Waals surface area (Å²) in [6.07, 6.45) is 13.0. The third-order valence-electron chi connectivity index (χ3n) is 5.48. The van der Waals surface area contributed by atoms with E-state index in [9.17, 15) is 0 Å². The lowest BCUT2D eigenvalue weighted by Gasteiger charge is -2.28. The minimum Gasteiger partial charge on any atom is -0.383 e. The van der Waals surface area contributed by atoms with Crippen molar-refractivity contribution in [3.8, 4) is 0 Å². The van der Waals surface area contributed by atoms with E-state index in [4.69, 9.17) is 0 Å². The Labute approximate surface area is 157 Å². The van der Waals surface area contributed by atoms with Gasteiger partial charge in [-0.05, 0) is 68.4 Å². The SMILES string of the molecule is C1=CC(NC2CCC(CN(c3ccccc3)c3ccccc3)C2)=CCC1. The minimum atomic E-state index is 0.613. The zero-order valence-corrected chi connectivity index (χ0v) is 15.4. The lowest BCUT2D eigenvalue weighted by molar-refractivity contribution is 0.520. The van der Waals surface area contributed by atoms with Crippen molar-refractivity contribution in [1.82, 2.24) is 5.32 Å². The Hall–Kier alpha value is -2.48. The summed E-state index contributed by atoms with van der Waals surface area (Å²) in [4.78, 5) is 2.48. The maximum Gasteiger partial charge on any atom is 0.0410 e. The molecule has 0 aliphatic heterocycles. The quantitative estimate of drug-likeness (QED) is 0.710. The Kier molecular flexibility index (Phi) is 5.39. The summed E-state index contributed by atoms with van der Waals surface area (Å²) < 4.78 is 0. The molecule has 4 rings (SSSR count). The van der Waals surface area contributed by atoms with Gasteiger partial charge in [0.05, 0.1) is 0 Å². The van der Waals surface area contributed by atoms with Crippen LogP contribution in [0.4, 0.5) is 11.4 Å². The zero-order chi connectivity index (χ0) is 17.6. The van der Waals surface area contributed by atoms with Crippen LogP contribution in [0.25, 0.3) is 0 Å². The second-order valence-corrected chi connectivity index (χ2v) is 7.44. The van der Waals surface area contributed by atoms with Gasteiger partial charge in [0.15, 0.2) is 0 Å². The van der Waals surface area contributed by atoms with Crippen molar-refractivity contribution in [3.63, 3.8) is 0 Å². The Morgan fingerprint density at radius 1 is 0.846 bits per heavy atom. The number of hydrogen-bond acceptors (Lipinski definition) is 2. The first-order valence-corrected chi connectivity index (χ1v) is 9.89. The minimum absolute atomic E-state index is 0.613. The average molecular weight is 345 g/mol. The standard InChI is InChI=1S/C24H28N2/c1-4-10-21(11-5-1)25-22-17-16-20(18-22)19-26(23-12-6-2-7-13-23)24-14-8-3-9-15-24/h2-4,6-15,20,22,25H,1,5,16-19H2. The van der Waals surface area contributed by atoms with Gasteiger partial charge in [-0.25, -0.2) is 0 Å². The van der Waals surface area contributed by atoms with Gasteiger partial charge in [0.2, 0.25) is 0 Å². The summed E-state index contributed by atoms with van der Waals surface area (Å²) in [5, 5.41) is 3.76. The summed E-state index contributed by atoms with van der Waals surface area (Å²) in [6, 6.07) is 22.2. The number of allylic oxidation sites excluding steroid dienone is 3. The first kappa shape index (κ1) is 17.0. The van der Waals surface area contributed by atoms with Crippen LogP contribution >= 0.6 is 0 Å². The van der Waals surface area contributed by atoms with Gasteiger partial charge in [-0.15, -0.1) is 0 Å². The van der Waals surface area contributed by atoms with Gasteiger partial charge in [0, 0.05) is 29.7 Å². The third-order valence-corrected chi connectivity index (χ3v) is 5.48. The molecule has 26 heavy (non-hydrogen) atoms. The molecule has 0 amide bonds. The van der Waals surface area contributed by atoms with Gasteiger partial charge in [-0.2, -0.15) is 0 Å². The van der Waals surface area contributed by atoms with E-state index in [0.29, 0.717) is 6.04 Å². The third kappa shape index (κ3) is 4.19. The number of anilines is 2. The van der Waals surface area contributed by atoms with Crippen molar-refractivity contribution in [2.75, 3.05) is 11.4 Å². The van der Waals surface area contributed by atoms with Crippen LogP contribution in [0.1, 0.15) is 32.1 Å². The number of nitrogens with zero attached hydrogens (tertiary/aromatic N) is 1. The van der Waals surface area contributed by atoms with E-state index in [2.05, 4.69) is 89.1 Å². The van der Waals surface area contributed by atoms with Crippen molar-refractivity contribution >= 4 is 11.4 Å². The molecule has 134 valence electrons. The zero-order valence-electron chi connectivity index (χ0n) is 15.4. The molecule has 0 bridgehead atoms. The molecule has 2 aliphatic rings. The first-order valence-electron chi connectivity index (χ1n) is 9.89. The van der Waals surface area contributed by atoms with Gasteiger partial charge >= 0.3 is 0 Å². The molecular weight excluding hydrogens is 316 g/mol. The van der Waals surface area contributed by atoms with Gasteiger partial charge in [-0.1, -0.05) is 48.6 Å². The van der Waals surface area contributed by atoms with E-state index in [1.54, 1.807) is 0 Å². The maximum absolute atomic E-state index is 3.76. The fourth-order valence-electron chi connectivity index (χ4n) is 4.16. The van der Waals surface area contributed by atoms with E-state index in [0.717, 1.165) is 12.5 Å². The van der Waals surface area contributed by atoms with E-state index < -0.39 is 0 Å². The average Bonchev–Trinajstić information content (AvgIpc) is 3.15. The molecule has 2 unspecified atom stereocenters. The molecule has 0 heterocycles. The highest BCUT2D eigenvalue weighted by Gasteiger charge is 2.27. The van der Waals surface area contributed by atoms with Crippen LogP contribution in [-0.4, -0.2) is 12.6 Å². The number of benzene rings is 2. The molecule has 0 spiro atoms. The Bertz CT molecular complexity index is 709. The van der Waals surface area contributed by atoms with E-state index in [-0.39, 0.29) is 0 Å². The molecule has 2 aromatic carbocycles. The first-order chi connectivity index (χ1) is 12.9. The van der Waals surface area contributed by atoms with E-state index in [1.165, 1.54) is 49.2 Å². The van der Waals surface area contributed by atoms with Crippen LogP contribution < -0.4 is 10.2 Å². The monoisotopic (exact) mass is 344 g/mol. The van der Waals surface area contributed by atoms with Gasteiger partial charge in [-0.3, -0.25) is 0 Å². The molecule has 2 atom stereocenters. The molecule has 1 N–H and O–H groups in total. The largest absolute Gasteiger partial charge is 0.383 e. The topological polar surface area (TPSA) is 15.3 Å². The summed E-state index contributed by atoms with van der Waals surface area (Å²) in [5.74, 6) is 0.723. The molecule has 0 aromatic heterocycles. The highest BCUT2D eigenvalue weighted by molar-refractivity contribution is 5.62. The summed E-state index contributed by atoms with van der Waals surface area (Å²) >= 11 is 0. The lowest BCUT2D eigenvalue weighted by Crippen LogP contribution is -2.28. The van der Waals surface area contributed by atoms with Crippen molar-refractivity contribution in [2.24, 2.45) is 5.92 Å². The number of nitrogens with one attached hydrogen (secondary N) is 1. The highest BCUT2D eigenvalue weighted by atomic mass is 15.1. The summed E-state index contributed by atoms with van der Waals surface area (Å²) in [5.41, 5.74) is 3.89. The molecule has 1 fully saturated rings. The van der Waals surface area contributed by atoms with Crippen LogP contribution in [0, 0.1) is 5.92 Å². The van der Waals surface area contributed by atoms with Gasteiger partial charge in [0.1, 0.15) is 0 Å². The fraction of sp³-hybridized carbons (Fsp3) is 0.333. The smallest absolute Gasteiger partial charge is 0.0410 e. The molecule has 2 aromatic rings. The van der Waals surface area contributed by atoms with Crippen molar-refractivity contribution < 1.29 is 0 Å². The van der Waals surface area contributed by atoms with Crippen LogP contribution in [0.15, 0.2) is 84.6 Å². The van der Waals surface area contributed by atoms with Crippen LogP contribution in [0.5, 0.6) is 0 Å². The Balaban J connectivity index is 1.43.